The van der Waals surface area contributed by atoms with Crippen LogP contribution in [-0.2, 0) is 12.8 Å². The molecule has 0 bridgehead atoms. The van der Waals surface area contributed by atoms with E-state index < -0.39 is 22.9 Å². The van der Waals surface area contributed by atoms with E-state index in [0.29, 0.717) is 28.9 Å². The van der Waals surface area contributed by atoms with E-state index in [0.717, 1.165) is 5.56 Å². The molecule has 0 saturated carbocycles. The van der Waals surface area contributed by atoms with Gasteiger partial charge in [0.2, 0.25) is 5.43 Å². The molecule has 0 amide bonds. The smallest absolute Gasteiger partial charge is 0.341 e. The van der Waals surface area contributed by atoms with Gasteiger partial charge in [-0.2, -0.15) is 0 Å². The van der Waals surface area contributed by atoms with Crippen LogP contribution in [0.15, 0.2) is 47.4 Å². The number of aromatic nitrogens is 1. The van der Waals surface area contributed by atoms with Crippen molar-refractivity contribution in [2.24, 2.45) is 5.41 Å². The number of benzene rings is 2. The Morgan fingerprint density at radius 2 is 1.81 bits per heavy atom. The quantitative estimate of drug-likeness (QED) is 0.568. The van der Waals surface area contributed by atoms with Crippen molar-refractivity contribution < 1.29 is 19.4 Å². The van der Waals surface area contributed by atoms with Gasteiger partial charge in [0.05, 0.1) is 18.2 Å². The summed E-state index contributed by atoms with van der Waals surface area (Å²) < 4.78 is 14.8. The number of aliphatic hydroxyl groups is 1. The average Bonchev–Trinajstić information content (AvgIpc) is 2.69. The number of aromatic carboxylic acids is 1. The molecule has 3 aromatic rings. The molecule has 0 unspecified atom stereocenters. The van der Waals surface area contributed by atoms with E-state index >= 15 is 0 Å². The number of rotatable bonds is 6. The maximum atomic E-state index is 13.1. The predicted octanol–water partition coefficient (Wildman–Crippen LogP) is 4.86. The van der Waals surface area contributed by atoms with E-state index in [1.165, 1.54) is 18.3 Å². The van der Waals surface area contributed by atoms with Crippen molar-refractivity contribution in [1.29, 1.82) is 0 Å². The Bertz CT molecular complexity index is 1180. The molecule has 0 spiro atoms. The normalized spacial score (nSPS) is 12.8. The topological polar surface area (TPSA) is 79.5 Å². The number of pyridine rings is 1. The van der Waals surface area contributed by atoms with Crippen LogP contribution in [-0.4, -0.2) is 27.4 Å². The van der Waals surface area contributed by atoms with Crippen LogP contribution in [0.4, 0.5) is 4.39 Å². The number of carboxylic acids is 1. The van der Waals surface area contributed by atoms with Gasteiger partial charge in [-0.05, 0) is 53.6 Å². The van der Waals surface area contributed by atoms with E-state index in [2.05, 4.69) is 0 Å². The Morgan fingerprint density at radius 1 is 1.16 bits per heavy atom. The second-order valence-electron chi connectivity index (χ2n) is 8.74. The van der Waals surface area contributed by atoms with Gasteiger partial charge in [-0.25, -0.2) is 9.18 Å². The molecule has 31 heavy (non-hydrogen) atoms. The number of carboxylic acid groups (broad SMARTS) is 1. The first-order valence-electron chi connectivity index (χ1n) is 9.98. The molecule has 1 atom stereocenters. The molecular formula is C24H25ClFNO4. The van der Waals surface area contributed by atoms with Gasteiger partial charge in [-0.15, -0.1) is 0 Å². The zero-order valence-corrected chi connectivity index (χ0v) is 18.4. The van der Waals surface area contributed by atoms with E-state index in [4.69, 9.17) is 11.6 Å². The lowest BCUT2D eigenvalue weighted by molar-refractivity contribution is 0.0692. The van der Waals surface area contributed by atoms with Gasteiger partial charge in [0, 0.05) is 16.6 Å². The third-order valence-corrected chi connectivity index (χ3v) is 5.89. The van der Waals surface area contributed by atoms with Crippen molar-refractivity contribution in [3.8, 4) is 0 Å². The van der Waals surface area contributed by atoms with Crippen LogP contribution in [0.3, 0.4) is 0 Å². The van der Waals surface area contributed by atoms with Crippen molar-refractivity contribution in [1.82, 2.24) is 4.57 Å². The summed E-state index contributed by atoms with van der Waals surface area (Å²) in [5.74, 6) is -1.64. The molecule has 0 aliphatic rings. The van der Waals surface area contributed by atoms with E-state index in [1.807, 2.05) is 20.8 Å². The molecule has 0 radical (unpaired) electrons. The Balaban J connectivity index is 2.16. The lowest BCUT2D eigenvalue weighted by Gasteiger charge is -2.33. The summed E-state index contributed by atoms with van der Waals surface area (Å²) in [5, 5.41) is 20.3. The van der Waals surface area contributed by atoms with Crippen LogP contribution in [0.25, 0.3) is 10.9 Å². The summed E-state index contributed by atoms with van der Waals surface area (Å²) >= 11 is 6.53. The number of carbonyl (C=O) groups is 1. The lowest BCUT2D eigenvalue weighted by Crippen LogP contribution is -2.30. The summed E-state index contributed by atoms with van der Waals surface area (Å²) in [6.45, 7) is 5.55. The standard InChI is InChI=1S/C24H25ClFNO4/c1-24(2,3)21(13-28)27-12-18(23(30)31)22(29)17-10-15(19(25)11-20(17)27)7-4-14-5-8-16(26)9-6-14/h5-6,8-12,21,28H,4,7,13H2,1-3H3,(H,30,31)/t21-/m1/s1. The summed E-state index contributed by atoms with van der Waals surface area (Å²) in [6.07, 6.45) is 2.37. The van der Waals surface area contributed by atoms with Crippen LogP contribution in [0.2, 0.25) is 5.02 Å². The molecule has 0 fully saturated rings. The zero-order chi connectivity index (χ0) is 22.9. The first-order chi connectivity index (χ1) is 14.5. The van der Waals surface area contributed by atoms with Gasteiger partial charge in [-0.3, -0.25) is 4.79 Å². The molecule has 1 heterocycles. The minimum absolute atomic E-state index is 0.232. The number of aliphatic hydroxyl groups excluding tert-OH is 1. The first kappa shape index (κ1) is 23.0. The van der Waals surface area contributed by atoms with Crippen LogP contribution >= 0.6 is 11.6 Å². The highest BCUT2D eigenvalue weighted by Crippen LogP contribution is 2.34. The minimum atomic E-state index is -1.32. The molecule has 5 nitrogen and oxygen atoms in total. The number of halogens is 2. The maximum Gasteiger partial charge on any atom is 0.341 e. The third-order valence-electron chi connectivity index (χ3n) is 5.54. The number of nitrogens with zero attached hydrogens (tertiary/aromatic N) is 1. The SMILES string of the molecule is CC(C)(C)[C@@H](CO)n1cc(C(=O)O)c(=O)c2cc(CCc3ccc(F)cc3)c(Cl)cc21. The fourth-order valence-corrected chi connectivity index (χ4v) is 3.98. The van der Waals surface area contributed by atoms with E-state index in [-0.39, 0.29) is 23.4 Å². The fraction of sp³-hybridized carbons (Fsp3) is 0.333. The van der Waals surface area contributed by atoms with E-state index in [9.17, 15) is 24.2 Å². The first-order valence-corrected chi connectivity index (χ1v) is 10.4. The Morgan fingerprint density at radius 3 is 2.35 bits per heavy atom. The van der Waals surface area contributed by atoms with Crippen molar-refractivity contribution in [2.75, 3.05) is 6.61 Å². The molecule has 3 rings (SSSR count). The number of hydrogen-bond donors (Lipinski definition) is 2. The molecule has 7 heteroatoms. The van der Waals surface area contributed by atoms with Gasteiger partial charge in [0.1, 0.15) is 11.4 Å². The maximum absolute atomic E-state index is 13.1. The Labute approximate surface area is 184 Å². The third kappa shape index (κ3) is 4.81. The largest absolute Gasteiger partial charge is 0.477 e. The van der Waals surface area contributed by atoms with Gasteiger partial charge >= 0.3 is 5.97 Å². The number of hydrogen-bond acceptors (Lipinski definition) is 3. The average molecular weight is 446 g/mol. The fourth-order valence-electron chi connectivity index (χ4n) is 3.73. The van der Waals surface area contributed by atoms with Crippen LogP contribution < -0.4 is 5.43 Å². The zero-order valence-electron chi connectivity index (χ0n) is 17.7. The second kappa shape index (κ2) is 8.81. The molecule has 0 saturated heterocycles. The van der Waals surface area contributed by atoms with Crippen LogP contribution in [0.5, 0.6) is 0 Å². The van der Waals surface area contributed by atoms with Crippen molar-refractivity contribution in [3.05, 3.63) is 80.3 Å². The highest BCUT2D eigenvalue weighted by atomic mass is 35.5. The van der Waals surface area contributed by atoms with Crippen LogP contribution in [0.1, 0.15) is 48.3 Å². The number of fused-ring (bicyclic) bond motifs is 1. The molecule has 2 aromatic carbocycles. The van der Waals surface area contributed by atoms with Crippen LogP contribution in [0, 0.1) is 11.2 Å². The Kier molecular flexibility index (Phi) is 6.53. The summed E-state index contributed by atoms with van der Waals surface area (Å²) in [6, 6.07) is 8.97. The molecule has 1 aromatic heterocycles. The predicted molar refractivity (Wildman–Crippen MR) is 120 cm³/mol. The number of aryl methyl sites for hydroxylation is 2. The molecular weight excluding hydrogens is 421 g/mol. The minimum Gasteiger partial charge on any atom is -0.477 e. The summed E-state index contributed by atoms with van der Waals surface area (Å²) in [7, 11) is 0. The molecule has 0 aliphatic carbocycles. The highest BCUT2D eigenvalue weighted by Gasteiger charge is 2.28. The van der Waals surface area contributed by atoms with Gasteiger partial charge < -0.3 is 14.8 Å². The summed E-state index contributed by atoms with van der Waals surface area (Å²) in [5.41, 5.74) is 0.731. The second-order valence-corrected chi connectivity index (χ2v) is 9.14. The molecule has 0 aliphatic heterocycles. The monoisotopic (exact) mass is 445 g/mol. The van der Waals surface area contributed by atoms with Gasteiger partial charge in [0.15, 0.2) is 0 Å². The van der Waals surface area contributed by atoms with Gasteiger partial charge in [-0.1, -0.05) is 44.5 Å². The van der Waals surface area contributed by atoms with Crippen molar-refractivity contribution in [3.63, 3.8) is 0 Å². The van der Waals surface area contributed by atoms with E-state index in [1.54, 1.807) is 28.8 Å². The summed E-state index contributed by atoms with van der Waals surface area (Å²) in [4.78, 5) is 24.7. The Hall–Kier alpha value is -2.70. The highest BCUT2D eigenvalue weighted by molar-refractivity contribution is 6.32. The van der Waals surface area contributed by atoms with Crippen molar-refractivity contribution in [2.45, 2.75) is 39.7 Å². The molecule has 164 valence electrons. The lowest BCUT2D eigenvalue weighted by atomic mass is 9.86. The van der Waals surface area contributed by atoms with Gasteiger partial charge in [0.25, 0.3) is 0 Å². The molecule has 2 N–H and O–H groups in total. The van der Waals surface area contributed by atoms with Crippen molar-refractivity contribution >= 4 is 28.5 Å².